The van der Waals surface area contributed by atoms with E-state index in [2.05, 4.69) is 0 Å². The zero-order valence-corrected chi connectivity index (χ0v) is 12.2. The molecule has 0 heterocycles. The van der Waals surface area contributed by atoms with Crippen molar-refractivity contribution in [1.29, 1.82) is 0 Å². The quantitative estimate of drug-likeness (QED) is 0.831. The zero-order chi connectivity index (χ0) is 10.8. The summed E-state index contributed by atoms with van der Waals surface area (Å²) in [7, 11) is 0. The van der Waals surface area contributed by atoms with E-state index in [-0.39, 0.29) is 30.6 Å². The standard InChI is InChI=1S/C11H14O3.Zn/c1-11(2,3)14-9-7-5-4-6-8(9)10(12)13;/h4-7H,1-3H3,(H,12,13);. The summed E-state index contributed by atoms with van der Waals surface area (Å²) in [5, 5.41) is 8.88. The Kier molecular flexibility index (Phi) is 4.96. The summed E-state index contributed by atoms with van der Waals surface area (Å²) in [5.74, 6) is -0.558. The van der Waals surface area contributed by atoms with Gasteiger partial charge in [-0.05, 0) is 32.9 Å². The summed E-state index contributed by atoms with van der Waals surface area (Å²) in [6, 6.07) is 6.63. The molecule has 78 valence electrons. The summed E-state index contributed by atoms with van der Waals surface area (Å²) in [5.41, 5.74) is -0.187. The molecule has 1 aromatic rings. The van der Waals surface area contributed by atoms with Crippen molar-refractivity contribution in [1.82, 2.24) is 0 Å². The van der Waals surface area contributed by atoms with Crippen LogP contribution in [0.1, 0.15) is 31.1 Å². The zero-order valence-electron chi connectivity index (χ0n) is 9.28. The molecule has 4 heteroatoms. The first-order valence-electron chi connectivity index (χ1n) is 4.41. The van der Waals surface area contributed by atoms with E-state index in [9.17, 15) is 4.79 Å². The van der Waals surface area contributed by atoms with Gasteiger partial charge in [0.15, 0.2) is 0 Å². The molecule has 0 bridgehead atoms. The maximum absolute atomic E-state index is 10.8. The topological polar surface area (TPSA) is 46.5 Å². The van der Waals surface area contributed by atoms with E-state index < -0.39 is 5.97 Å². The molecule has 0 amide bonds. The molecule has 0 saturated carbocycles. The van der Waals surface area contributed by atoms with Crippen LogP contribution in [0.5, 0.6) is 5.75 Å². The second kappa shape index (κ2) is 5.27. The molecule has 0 saturated heterocycles. The molecule has 3 nitrogen and oxygen atoms in total. The minimum atomic E-state index is -0.968. The number of hydrogen-bond acceptors (Lipinski definition) is 2. The van der Waals surface area contributed by atoms with Crippen LogP contribution in [0.15, 0.2) is 24.3 Å². The fraction of sp³-hybridized carbons (Fsp3) is 0.364. The summed E-state index contributed by atoms with van der Waals surface area (Å²) in [6.45, 7) is 5.64. The number of benzene rings is 1. The molecular formula is C11H14O3Zn. The molecule has 0 fully saturated rings. The first-order valence-corrected chi connectivity index (χ1v) is 4.41. The summed E-state index contributed by atoms with van der Waals surface area (Å²) in [6.07, 6.45) is 0. The van der Waals surface area contributed by atoms with Gasteiger partial charge in [0.1, 0.15) is 16.9 Å². The summed E-state index contributed by atoms with van der Waals surface area (Å²) < 4.78 is 5.51. The van der Waals surface area contributed by atoms with Gasteiger partial charge in [-0.25, -0.2) is 4.79 Å². The van der Waals surface area contributed by atoms with Crippen molar-refractivity contribution in [2.24, 2.45) is 0 Å². The second-order valence-electron chi connectivity index (χ2n) is 4.02. The van der Waals surface area contributed by atoms with E-state index in [4.69, 9.17) is 9.84 Å². The molecule has 15 heavy (non-hydrogen) atoms. The molecule has 1 rings (SSSR count). The number of rotatable bonds is 2. The van der Waals surface area contributed by atoms with Crippen LogP contribution in [0, 0.1) is 0 Å². The van der Waals surface area contributed by atoms with Gasteiger partial charge in [-0.3, -0.25) is 0 Å². The SMILES string of the molecule is CC(C)(C)Oc1ccccc1C(=O)O.[Zn]. The number of carbonyl (C=O) groups is 1. The summed E-state index contributed by atoms with van der Waals surface area (Å²) >= 11 is 0. The van der Waals surface area contributed by atoms with Gasteiger partial charge in [0.25, 0.3) is 0 Å². The average Bonchev–Trinajstić information content (AvgIpc) is 2.01. The monoisotopic (exact) mass is 258 g/mol. The van der Waals surface area contributed by atoms with Crippen molar-refractivity contribution in [3.05, 3.63) is 29.8 Å². The summed E-state index contributed by atoms with van der Waals surface area (Å²) in [4.78, 5) is 10.8. The van der Waals surface area contributed by atoms with Gasteiger partial charge in [-0.1, -0.05) is 12.1 Å². The first-order chi connectivity index (χ1) is 6.40. The molecule has 0 aromatic heterocycles. The Bertz CT molecular complexity index is 342. The normalized spacial score (nSPS) is 10.3. The van der Waals surface area contributed by atoms with E-state index in [1.165, 1.54) is 6.07 Å². The van der Waals surface area contributed by atoms with Crippen molar-refractivity contribution in [2.75, 3.05) is 0 Å². The third kappa shape index (κ3) is 4.43. The largest absolute Gasteiger partial charge is 0.487 e. The number of carboxylic acid groups (broad SMARTS) is 1. The third-order valence-corrected chi connectivity index (χ3v) is 1.53. The second-order valence-corrected chi connectivity index (χ2v) is 4.02. The molecule has 0 aliphatic heterocycles. The van der Waals surface area contributed by atoms with Crippen molar-refractivity contribution in [2.45, 2.75) is 26.4 Å². The van der Waals surface area contributed by atoms with Gasteiger partial charge in [0.2, 0.25) is 0 Å². The molecule has 0 spiro atoms. The van der Waals surface area contributed by atoms with Crippen LogP contribution in [-0.4, -0.2) is 16.7 Å². The van der Waals surface area contributed by atoms with E-state index in [0.717, 1.165) is 0 Å². The maximum Gasteiger partial charge on any atom is 0.339 e. The minimum Gasteiger partial charge on any atom is -0.487 e. The first kappa shape index (κ1) is 14.1. The van der Waals surface area contributed by atoms with Gasteiger partial charge in [0, 0.05) is 19.5 Å². The van der Waals surface area contributed by atoms with Crippen LogP contribution >= 0.6 is 0 Å². The Morgan fingerprint density at radius 2 is 1.80 bits per heavy atom. The Morgan fingerprint density at radius 1 is 1.27 bits per heavy atom. The number of aromatic carboxylic acids is 1. The molecule has 0 aliphatic carbocycles. The molecule has 0 aliphatic rings. The Morgan fingerprint density at radius 3 is 2.27 bits per heavy atom. The Hall–Kier alpha value is -0.887. The fourth-order valence-electron chi connectivity index (χ4n) is 1.06. The van der Waals surface area contributed by atoms with Gasteiger partial charge < -0.3 is 9.84 Å². The van der Waals surface area contributed by atoms with Gasteiger partial charge >= 0.3 is 5.97 Å². The van der Waals surface area contributed by atoms with E-state index >= 15 is 0 Å². The molecule has 1 aromatic carbocycles. The van der Waals surface area contributed by atoms with Crippen LogP contribution in [0.25, 0.3) is 0 Å². The van der Waals surface area contributed by atoms with Crippen LogP contribution < -0.4 is 4.74 Å². The van der Waals surface area contributed by atoms with Gasteiger partial charge in [0.05, 0.1) is 0 Å². The molecule has 0 atom stereocenters. The van der Waals surface area contributed by atoms with Crippen molar-refractivity contribution in [3.63, 3.8) is 0 Å². The van der Waals surface area contributed by atoms with Gasteiger partial charge in [-0.2, -0.15) is 0 Å². The van der Waals surface area contributed by atoms with E-state index in [1.807, 2.05) is 20.8 Å². The van der Waals surface area contributed by atoms with Crippen LogP contribution in [0.3, 0.4) is 0 Å². The Labute approximate surface area is 102 Å². The van der Waals surface area contributed by atoms with Crippen LogP contribution in [0.2, 0.25) is 0 Å². The molecule has 1 N–H and O–H groups in total. The van der Waals surface area contributed by atoms with E-state index in [0.29, 0.717) is 5.75 Å². The van der Waals surface area contributed by atoms with Crippen molar-refractivity contribution >= 4 is 5.97 Å². The Balaban J connectivity index is 0.00000196. The number of hydrogen-bond donors (Lipinski definition) is 1. The number of ether oxygens (including phenoxy) is 1. The molecular weight excluding hydrogens is 246 g/mol. The van der Waals surface area contributed by atoms with E-state index in [1.54, 1.807) is 18.2 Å². The number of para-hydroxylation sites is 1. The molecule has 0 radical (unpaired) electrons. The van der Waals surface area contributed by atoms with Gasteiger partial charge in [-0.15, -0.1) is 0 Å². The van der Waals surface area contributed by atoms with Crippen molar-refractivity contribution < 1.29 is 34.1 Å². The predicted octanol–water partition coefficient (Wildman–Crippen LogP) is 2.56. The van der Waals surface area contributed by atoms with Crippen LogP contribution in [-0.2, 0) is 19.5 Å². The predicted molar refractivity (Wildman–Crippen MR) is 53.8 cm³/mol. The average molecular weight is 260 g/mol. The minimum absolute atomic E-state index is 0. The third-order valence-electron chi connectivity index (χ3n) is 1.53. The fourth-order valence-corrected chi connectivity index (χ4v) is 1.06. The van der Waals surface area contributed by atoms with Crippen LogP contribution in [0.4, 0.5) is 0 Å². The van der Waals surface area contributed by atoms with Crippen molar-refractivity contribution in [3.8, 4) is 5.75 Å². The molecule has 0 unspecified atom stereocenters. The number of carboxylic acids is 1. The smallest absolute Gasteiger partial charge is 0.339 e. The maximum atomic E-state index is 10.8.